The van der Waals surface area contributed by atoms with Crippen LogP contribution in [-0.2, 0) is 14.9 Å². The minimum Gasteiger partial charge on any atom is -0.502 e. The molecule has 0 unspecified atom stereocenters. The van der Waals surface area contributed by atoms with Crippen LogP contribution in [0.2, 0.25) is 0 Å². The predicted octanol–water partition coefficient (Wildman–Crippen LogP) is 10.0. The minimum atomic E-state index is -0.589. The lowest BCUT2D eigenvalue weighted by Crippen LogP contribution is -2.29. The Morgan fingerprint density at radius 3 is 1.98 bits per heavy atom. The normalized spacial score (nSPS) is 14.4. The fourth-order valence-electron chi connectivity index (χ4n) is 8.53. The van der Waals surface area contributed by atoms with Gasteiger partial charge in [0.1, 0.15) is 6.26 Å². The predicted molar refractivity (Wildman–Crippen MR) is 209 cm³/mol. The Hall–Kier alpha value is -6.65. The maximum atomic E-state index is 11.8. The average molecular weight is 659 g/mol. The minimum absolute atomic E-state index is 0.0760. The summed E-state index contributed by atoms with van der Waals surface area (Å²) in [7, 11) is 1.61. The van der Waals surface area contributed by atoms with Gasteiger partial charge in [-0.3, -0.25) is 4.79 Å². The lowest BCUT2D eigenvalue weighted by Gasteiger charge is -2.31. The zero-order valence-electron chi connectivity index (χ0n) is 28.2. The quantitative estimate of drug-likeness (QED) is 0.168. The number of benzene rings is 6. The molecule has 0 saturated heterocycles. The van der Waals surface area contributed by atoms with Crippen molar-refractivity contribution in [2.45, 2.75) is 5.41 Å². The van der Waals surface area contributed by atoms with Gasteiger partial charge >= 0.3 is 0 Å². The van der Waals surface area contributed by atoms with Crippen LogP contribution in [0, 0.1) is 0 Å². The van der Waals surface area contributed by atoms with Crippen molar-refractivity contribution in [2.24, 2.45) is 5.73 Å². The monoisotopic (exact) mass is 658 g/mol. The van der Waals surface area contributed by atoms with Crippen LogP contribution in [-0.4, -0.2) is 13.0 Å². The largest absolute Gasteiger partial charge is 0.502 e. The van der Waals surface area contributed by atoms with Gasteiger partial charge < -0.3 is 15.8 Å². The number of hydrogen-bond acceptors (Lipinski definition) is 3. The molecule has 6 aromatic carbocycles. The lowest BCUT2D eigenvalue weighted by molar-refractivity contribution is -0.116. The molecular formula is C47H34N2O2. The van der Waals surface area contributed by atoms with Crippen LogP contribution >= 0.6 is 0 Å². The van der Waals surface area contributed by atoms with Gasteiger partial charge in [0.2, 0.25) is 5.91 Å². The van der Waals surface area contributed by atoms with E-state index in [0.29, 0.717) is 5.70 Å². The molecule has 0 fully saturated rings. The van der Waals surface area contributed by atoms with Gasteiger partial charge in [0, 0.05) is 11.6 Å². The van der Waals surface area contributed by atoms with Gasteiger partial charge in [0.15, 0.2) is 0 Å². The summed E-state index contributed by atoms with van der Waals surface area (Å²) in [5.74, 6) is -0.0760. The molecule has 0 atom stereocenters. The molecule has 0 bridgehead atoms. The third-order valence-electron chi connectivity index (χ3n) is 10.7. The molecule has 3 aliphatic rings. The summed E-state index contributed by atoms with van der Waals surface area (Å²) in [5, 5.41) is 2.91. The second kappa shape index (κ2) is 11.5. The molecule has 4 heteroatoms. The molecule has 3 N–H and O–H groups in total. The molecule has 1 amide bonds. The van der Waals surface area contributed by atoms with E-state index in [2.05, 4.69) is 116 Å². The summed E-state index contributed by atoms with van der Waals surface area (Å²) >= 11 is 0. The van der Waals surface area contributed by atoms with E-state index in [0.717, 1.165) is 50.2 Å². The molecule has 1 heterocycles. The van der Waals surface area contributed by atoms with Crippen molar-refractivity contribution in [3.63, 3.8) is 0 Å². The number of rotatable bonds is 7. The van der Waals surface area contributed by atoms with E-state index in [1.165, 1.54) is 44.5 Å². The van der Waals surface area contributed by atoms with Crippen LogP contribution in [0.5, 0.6) is 0 Å². The Balaban J connectivity index is 1.37. The number of carbonyl (C=O) groups excluding carboxylic acids is 1. The third-order valence-corrected chi connectivity index (χ3v) is 10.7. The van der Waals surface area contributed by atoms with Gasteiger partial charge in [-0.2, -0.15) is 0 Å². The molecular weight excluding hydrogens is 625 g/mol. The van der Waals surface area contributed by atoms with E-state index in [9.17, 15) is 4.79 Å². The van der Waals surface area contributed by atoms with Crippen LogP contribution in [0.25, 0.3) is 68.1 Å². The summed E-state index contributed by atoms with van der Waals surface area (Å²) < 4.78 is 5.22. The Morgan fingerprint density at radius 1 is 0.647 bits per heavy atom. The Bertz CT molecular complexity index is 2520. The lowest BCUT2D eigenvalue weighted by atomic mass is 9.69. The number of carbonyl (C=O) groups is 1. The molecule has 9 rings (SSSR count). The van der Waals surface area contributed by atoms with Crippen LogP contribution in [0.15, 0.2) is 147 Å². The Labute approximate surface area is 297 Å². The number of amides is 1. The molecule has 2 aliphatic carbocycles. The van der Waals surface area contributed by atoms with Crippen molar-refractivity contribution >= 4 is 29.5 Å². The summed E-state index contributed by atoms with van der Waals surface area (Å²) in [5.41, 5.74) is 25.2. The average Bonchev–Trinajstić information content (AvgIpc) is 3.63. The summed E-state index contributed by atoms with van der Waals surface area (Å²) in [6, 6.07) is 43.5. The second-order valence-corrected chi connectivity index (χ2v) is 13.2. The number of nitrogens with one attached hydrogen (secondary N) is 1. The Kier molecular flexibility index (Phi) is 6.84. The van der Waals surface area contributed by atoms with Gasteiger partial charge in [0.05, 0.1) is 23.9 Å². The van der Waals surface area contributed by atoms with Crippen molar-refractivity contribution in [3.8, 4) is 44.5 Å². The fraction of sp³-hybridized carbons (Fsp3) is 0.0426. The van der Waals surface area contributed by atoms with E-state index >= 15 is 0 Å². The standard InChI is InChI=1S/C47H34N2O2/c1-4-33-34(5-2)46-37-21-20-29(28-12-10-14-31(22-28)43(48)27-51-3)24-41(37)47(39-18-8-6-16-35(39)36-17-7-9-19-40(36)47)42(46)25-38(33)30-13-11-15-32(23-30)44-26-45(50)49-44/h4-27H,1-2,48H2,3H3,(H,49,50)/b43-27-. The molecule has 1 spiro atoms. The molecule has 0 aromatic heterocycles. The van der Waals surface area contributed by atoms with Crippen molar-refractivity contribution in [1.82, 2.24) is 5.32 Å². The SMILES string of the molecule is C=Cc1c(-c2cccc(C3=CC(=O)N3)c2)cc2c(c1C=C)-c1ccc(-c3cccc(/C(N)=C/OC)c3)cc1C21c2ccccc2-c2ccccc21. The number of fused-ring (bicyclic) bond motifs is 10. The van der Waals surface area contributed by atoms with Gasteiger partial charge in [-0.1, -0.05) is 122 Å². The van der Waals surface area contributed by atoms with Crippen LogP contribution in [0.1, 0.15) is 44.5 Å². The van der Waals surface area contributed by atoms with E-state index in [-0.39, 0.29) is 5.91 Å². The van der Waals surface area contributed by atoms with E-state index < -0.39 is 5.41 Å². The van der Waals surface area contributed by atoms with E-state index in [4.69, 9.17) is 10.5 Å². The fourth-order valence-corrected chi connectivity index (χ4v) is 8.53. The van der Waals surface area contributed by atoms with Gasteiger partial charge in [-0.15, -0.1) is 0 Å². The molecule has 0 saturated carbocycles. The number of hydrogen-bond donors (Lipinski definition) is 2. The third kappa shape index (κ3) is 4.30. The molecule has 4 nitrogen and oxygen atoms in total. The van der Waals surface area contributed by atoms with Crippen molar-refractivity contribution < 1.29 is 9.53 Å². The summed E-state index contributed by atoms with van der Waals surface area (Å²) in [4.78, 5) is 11.8. The smallest absolute Gasteiger partial charge is 0.250 e. The zero-order chi connectivity index (χ0) is 34.9. The first-order valence-electron chi connectivity index (χ1n) is 17.0. The topological polar surface area (TPSA) is 64.4 Å². The highest BCUT2D eigenvalue weighted by atomic mass is 16.5. The first-order chi connectivity index (χ1) is 25.0. The van der Waals surface area contributed by atoms with E-state index in [1.54, 1.807) is 19.4 Å². The zero-order valence-corrected chi connectivity index (χ0v) is 28.2. The molecule has 1 aliphatic heterocycles. The van der Waals surface area contributed by atoms with Gasteiger partial charge in [-0.05, 0) is 108 Å². The number of methoxy groups -OCH3 is 1. The maximum absolute atomic E-state index is 11.8. The molecule has 244 valence electrons. The van der Waals surface area contributed by atoms with Crippen LogP contribution < -0.4 is 11.1 Å². The molecule has 0 radical (unpaired) electrons. The Morgan fingerprint density at radius 2 is 1.29 bits per heavy atom. The highest BCUT2D eigenvalue weighted by molar-refractivity contribution is 6.09. The maximum Gasteiger partial charge on any atom is 0.250 e. The van der Waals surface area contributed by atoms with Crippen molar-refractivity contribution in [1.29, 1.82) is 0 Å². The van der Waals surface area contributed by atoms with E-state index in [1.807, 2.05) is 36.4 Å². The van der Waals surface area contributed by atoms with Crippen molar-refractivity contribution in [2.75, 3.05) is 7.11 Å². The van der Waals surface area contributed by atoms with Gasteiger partial charge in [0.25, 0.3) is 0 Å². The summed E-state index contributed by atoms with van der Waals surface area (Å²) in [6.07, 6.45) is 7.14. The first-order valence-corrected chi connectivity index (χ1v) is 17.0. The summed E-state index contributed by atoms with van der Waals surface area (Å²) in [6.45, 7) is 8.69. The highest BCUT2D eigenvalue weighted by Crippen LogP contribution is 2.64. The molecule has 51 heavy (non-hydrogen) atoms. The van der Waals surface area contributed by atoms with Gasteiger partial charge in [-0.25, -0.2) is 0 Å². The first kappa shape index (κ1) is 30.4. The highest BCUT2D eigenvalue weighted by Gasteiger charge is 2.52. The molecule has 6 aromatic rings. The van der Waals surface area contributed by atoms with Crippen LogP contribution in [0.4, 0.5) is 0 Å². The van der Waals surface area contributed by atoms with Crippen LogP contribution in [0.3, 0.4) is 0 Å². The number of nitrogens with two attached hydrogens (primary N) is 1. The number of ether oxygens (including phenoxy) is 1. The second-order valence-electron chi connectivity index (χ2n) is 13.2. The van der Waals surface area contributed by atoms with Crippen molar-refractivity contribution in [3.05, 3.63) is 191 Å².